The molecule has 0 atom stereocenters. The van der Waals surface area contributed by atoms with Gasteiger partial charge in [0.1, 0.15) is 10.7 Å². The predicted molar refractivity (Wildman–Crippen MR) is 89.8 cm³/mol. The van der Waals surface area contributed by atoms with Gasteiger partial charge in [0, 0.05) is 39.1 Å². The molecule has 0 bridgehead atoms. The second-order valence-corrected chi connectivity index (χ2v) is 6.12. The second kappa shape index (κ2) is 6.44. The Balaban J connectivity index is 1.80. The van der Waals surface area contributed by atoms with Crippen LogP contribution >= 0.6 is 34.5 Å². The zero-order valence-corrected chi connectivity index (χ0v) is 13.4. The number of anilines is 1. The monoisotopic (exact) mass is 349 g/mol. The second-order valence-electron chi connectivity index (χ2n) is 4.39. The molecule has 0 fully saturated rings. The maximum absolute atomic E-state index is 12.2. The minimum atomic E-state index is -0.310. The molecule has 0 unspecified atom stereocenters. The Morgan fingerprint density at radius 2 is 1.77 bits per heavy atom. The molecule has 0 saturated carbocycles. The lowest BCUT2D eigenvalue weighted by molar-refractivity contribution is 0.102. The molecule has 110 valence electrons. The number of carbonyl (C=O) groups excluding carboxylic acids is 1. The summed E-state index contributed by atoms with van der Waals surface area (Å²) in [5, 5.41) is 6.11. The lowest BCUT2D eigenvalue weighted by Crippen LogP contribution is -2.12. The van der Waals surface area contributed by atoms with Crippen LogP contribution < -0.4 is 5.32 Å². The summed E-state index contributed by atoms with van der Waals surface area (Å²) in [6, 6.07) is 8.54. The average molecular weight is 350 g/mol. The van der Waals surface area contributed by atoms with Gasteiger partial charge in [-0.15, -0.1) is 11.3 Å². The van der Waals surface area contributed by atoms with E-state index in [1.165, 1.54) is 11.3 Å². The minimum absolute atomic E-state index is 0.310. The van der Waals surface area contributed by atoms with Crippen LogP contribution in [0, 0.1) is 0 Å². The largest absolute Gasteiger partial charge is 0.321 e. The van der Waals surface area contributed by atoms with E-state index in [1.54, 1.807) is 36.0 Å². The van der Waals surface area contributed by atoms with E-state index in [9.17, 15) is 4.79 Å². The highest BCUT2D eigenvalue weighted by Gasteiger charge is 2.12. The molecule has 0 radical (unpaired) electrons. The fourth-order valence-corrected chi connectivity index (χ4v) is 3.16. The Kier molecular flexibility index (Phi) is 4.38. The van der Waals surface area contributed by atoms with E-state index in [-0.39, 0.29) is 5.91 Å². The quantitative estimate of drug-likeness (QED) is 0.741. The van der Waals surface area contributed by atoms with E-state index in [2.05, 4.69) is 15.3 Å². The SMILES string of the molecule is O=C(Nc1cc(Cl)cc(Cl)c1)c1csc(-c2ccncc2)n1. The third-order valence-electron chi connectivity index (χ3n) is 2.78. The fourth-order valence-electron chi connectivity index (χ4n) is 1.83. The van der Waals surface area contributed by atoms with Gasteiger partial charge < -0.3 is 5.32 Å². The van der Waals surface area contributed by atoms with E-state index < -0.39 is 0 Å². The molecule has 3 aromatic rings. The average Bonchev–Trinajstić information content (AvgIpc) is 2.97. The Morgan fingerprint density at radius 1 is 1.09 bits per heavy atom. The van der Waals surface area contributed by atoms with Gasteiger partial charge in [-0.1, -0.05) is 23.2 Å². The zero-order chi connectivity index (χ0) is 15.5. The summed E-state index contributed by atoms with van der Waals surface area (Å²) in [5.74, 6) is -0.310. The third-order valence-corrected chi connectivity index (χ3v) is 4.11. The molecule has 1 N–H and O–H groups in total. The molecular formula is C15H9Cl2N3OS. The molecule has 2 heterocycles. The summed E-state index contributed by atoms with van der Waals surface area (Å²) in [6.45, 7) is 0. The van der Waals surface area contributed by atoms with Gasteiger partial charge in [0.05, 0.1) is 0 Å². The number of benzene rings is 1. The molecular weight excluding hydrogens is 341 g/mol. The smallest absolute Gasteiger partial charge is 0.275 e. The third kappa shape index (κ3) is 3.44. The summed E-state index contributed by atoms with van der Waals surface area (Å²) < 4.78 is 0. The van der Waals surface area contributed by atoms with E-state index in [1.807, 2.05) is 12.1 Å². The van der Waals surface area contributed by atoms with Crippen LogP contribution in [0.1, 0.15) is 10.5 Å². The first-order valence-electron chi connectivity index (χ1n) is 6.25. The molecule has 22 heavy (non-hydrogen) atoms. The Morgan fingerprint density at radius 3 is 2.45 bits per heavy atom. The Labute approximate surface area is 140 Å². The van der Waals surface area contributed by atoms with Crippen molar-refractivity contribution in [2.75, 3.05) is 5.32 Å². The number of thiazole rings is 1. The van der Waals surface area contributed by atoms with E-state index in [4.69, 9.17) is 23.2 Å². The molecule has 7 heteroatoms. The van der Waals surface area contributed by atoms with Gasteiger partial charge in [-0.3, -0.25) is 9.78 Å². The van der Waals surface area contributed by atoms with Crippen molar-refractivity contribution in [1.29, 1.82) is 0 Å². The summed E-state index contributed by atoms with van der Waals surface area (Å²) in [4.78, 5) is 20.5. The molecule has 0 spiro atoms. The fraction of sp³-hybridized carbons (Fsp3) is 0. The number of hydrogen-bond donors (Lipinski definition) is 1. The van der Waals surface area contributed by atoms with Gasteiger partial charge >= 0.3 is 0 Å². The van der Waals surface area contributed by atoms with E-state index in [0.717, 1.165) is 10.6 Å². The summed E-state index contributed by atoms with van der Waals surface area (Å²) in [7, 11) is 0. The molecule has 0 aliphatic carbocycles. The summed E-state index contributed by atoms with van der Waals surface area (Å²) >= 11 is 13.2. The molecule has 2 aromatic heterocycles. The van der Waals surface area contributed by atoms with Crippen LogP contribution in [0.15, 0.2) is 48.1 Å². The number of halogens is 2. The number of amides is 1. The lowest BCUT2D eigenvalue weighted by Gasteiger charge is -2.04. The number of aromatic nitrogens is 2. The predicted octanol–water partition coefficient (Wildman–Crippen LogP) is 4.76. The van der Waals surface area contributed by atoms with Crippen molar-refractivity contribution >= 4 is 46.1 Å². The van der Waals surface area contributed by atoms with Crippen molar-refractivity contribution in [2.24, 2.45) is 0 Å². The first-order valence-corrected chi connectivity index (χ1v) is 7.89. The highest BCUT2D eigenvalue weighted by molar-refractivity contribution is 7.13. The first-order chi connectivity index (χ1) is 10.6. The number of pyridine rings is 1. The van der Waals surface area contributed by atoms with E-state index >= 15 is 0 Å². The molecule has 4 nitrogen and oxygen atoms in total. The number of carbonyl (C=O) groups is 1. The number of hydrogen-bond acceptors (Lipinski definition) is 4. The highest BCUT2D eigenvalue weighted by atomic mass is 35.5. The van der Waals surface area contributed by atoms with Crippen molar-refractivity contribution in [3.63, 3.8) is 0 Å². The van der Waals surface area contributed by atoms with Crippen molar-refractivity contribution < 1.29 is 4.79 Å². The molecule has 0 aliphatic rings. The number of nitrogens with one attached hydrogen (secondary N) is 1. The zero-order valence-electron chi connectivity index (χ0n) is 11.1. The van der Waals surface area contributed by atoms with Gasteiger partial charge in [-0.2, -0.15) is 0 Å². The van der Waals surface area contributed by atoms with Crippen LogP contribution in [0.2, 0.25) is 10.0 Å². The molecule has 1 amide bonds. The Hall–Kier alpha value is -1.95. The summed E-state index contributed by atoms with van der Waals surface area (Å²) in [5.41, 5.74) is 1.79. The van der Waals surface area contributed by atoms with Crippen LogP contribution in [-0.4, -0.2) is 15.9 Å². The maximum atomic E-state index is 12.2. The topological polar surface area (TPSA) is 54.9 Å². The first kappa shape index (κ1) is 15.0. The van der Waals surface area contributed by atoms with Crippen LogP contribution in [0.3, 0.4) is 0 Å². The van der Waals surface area contributed by atoms with Crippen LogP contribution in [0.5, 0.6) is 0 Å². The lowest BCUT2D eigenvalue weighted by atomic mass is 10.3. The van der Waals surface area contributed by atoms with Gasteiger partial charge in [-0.05, 0) is 30.3 Å². The minimum Gasteiger partial charge on any atom is -0.321 e. The van der Waals surface area contributed by atoms with Crippen molar-refractivity contribution in [3.8, 4) is 10.6 Å². The highest BCUT2D eigenvalue weighted by Crippen LogP contribution is 2.25. The molecule has 3 rings (SSSR count). The number of nitrogens with zero attached hydrogens (tertiary/aromatic N) is 2. The van der Waals surface area contributed by atoms with Crippen molar-refractivity contribution in [2.45, 2.75) is 0 Å². The normalized spacial score (nSPS) is 10.5. The van der Waals surface area contributed by atoms with Gasteiger partial charge in [0.2, 0.25) is 0 Å². The standard InChI is InChI=1S/C15H9Cl2N3OS/c16-10-5-11(17)7-12(6-10)19-14(21)13-8-22-15(20-13)9-1-3-18-4-2-9/h1-8H,(H,19,21). The number of rotatable bonds is 3. The van der Waals surface area contributed by atoms with Gasteiger partial charge in [-0.25, -0.2) is 4.98 Å². The molecule has 1 aromatic carbocycles. The van der Waals surface area contributed by atoms with Crippen LogP contribution in [0.25, 0.3) is 10.6 Å². The maximum Gasteiger partial charge on any atom is 0.275 e. The van der Waals surface area contributed by atoms with Crippen LogP contribution in [0.4, 0.5) is 5.69 Å². The van der Waals surface area contributed by atoms with Crippen LogP contribution in [-0.2, 0) is 0 Å². The van der Waals surface area contributed by atoms with E-state index in [0.29, 0.717) is 21.4 Å². The Bertz CT molecular complexity index is 800. The van der Waals surface area contributed by atoms with Crippen molar-refractivity contribution in [3.05, 3.63) is 63.8 Å². The van der Waals surface area contributed by atoms with Gasteiger partial charge in [0.25, 0.3) is 5.91 Å². The summed E-state index contributed by atoms with van der Waals surface area (Å²) in [6.07, 6.45) is 3.37. The molecule has 0 aliphatic heterocycles. The molecule has 0 saturated heterocycles. The van der Waals surface area contributed by atoms with Gasteiger partial charge in [0.15, 0.2) is 0 Å². The van der Waals surface area contributed by atoms with Crippen molar-refractivity contribution in [1.82, 2.24) is 9.97 Å².